The molecule has 0 saturated heterocycles. The minimum Gasteiger partial charge on any atom is -0.463 e. The largest absolute Gasteiger partial charge is 0.503 e. The van der Waals surface area contributed by atoms with E-state index >= 15 is 0 Å². The third-order valence-corrected chi connectivity index (χ3v) is 3.40. The molecular weight excluding hydrogens is 356 g/mol. The van der Waals surface area contributed by atoms with E-state index in [9.17, 15) is 4.79 Å². The van der Waals surface area contributed by atoms with E-state index in [0.29, 0.717) is 12.3 Å². The van der Waals surface area contributed by atoms with Gasteiger partial charge in [-0.3, -0.25) is 4.79 Å². The zero-order valence-corrected chi connectivity index (χ0v) is 19.1. The third kappa shape index (κ3) is 44.1. The Balaban J connectivity index is -0.000000388. The number of hydrogen-bond donors (Lipinski definition) is 2. The van der Waals surface area contributed by atoms with Crippen LogP contribution in [0.25, 0.3) is 0 Å². The maximum atomic E-state index is 11.1. The van der Waals surface area contributed by atoms with Crippen LogP contribution in [0.15, 0.2) is 0 Å². The highest BCUT2D eigenvalue weighted by atomic mass is 16.6. The number of carbonyl (C=O) groups is 2. The quantitative estimate of drug-likeness (QED) is 0.219. The molecule has 0 rings (SSSR count). The van der Waals surface area contributed by atoms with Crippen LogP contribution in [-0.2, 0) is 9.53 Å². The zero-order valence-electron chi connectivity index (χ0n) is 19.1. The zero-order chi connectivity index (χ0) is 22.2. The van der Waals surface area contributed by atoms with Crippen LogP contribution < -0.4 is 0 Å². The van der Waals surface area contributed by atoms with E-state index < -0.39 is 6.16 Å². The molecule has 0 fully saturated rings. The van der Waals surface area contributed by atoms with Gasteiger partial charge in [0.25, 0.3) is 0 Å². The van der Waals surface area contributed by atoms with Crippen LogP contribution in [0.4, 0.5) is 4.79 Å². The van der Waals surface area contributed by atoms with Gasteiger partial charge in [-0.2, -0.15) is 0 Å². The summed E-state index contributed by atoms with van der Waals surface area (Å²) < 4.78 is 5.04. The van der Waals surface area contributed by atoms with Gasteiger partial charge < -0.3 is 14.9 Å². The summed E-state index contributed by atoms with van der Waals surface area (Å²) in [6.45, 7) is 12.5. The van der Waals surface area contributed by atoms with Crippen molar-refractivity contribution in [2.24, 2.45) is 5.92 Å². The van der Waals surface area contributed by atoms with Crippen molar-refractivity contribution < 1.29 is 24.5 Å². The van der Waals surface area contributed by atoms with E-state index in [-0.39, 0.29) is 12.1 Å². The van der Waals surface area contributed by atoms with Gasteiger partial charge in [0, 0.05) is 18.8 Å². The molecule has 2 N–H and O–H groups in total. The predicted molar refractivity (Wildman–Crippen MR) is 117 cm³/mol. The minimum atomic E-state index is -1.83. The summed E-state index contributed by atoms with van der Waals surface area (Å²) >= 11 is 0. The lowest BCUT2D eigenvalue weighted by Crippen LogP contribution is -2.10. The summed E-state index contributed by atoms with van der Waals surface area (Å²) in [7, 11) is 0. The van der Waals surface area contributed by atoms with Crippen molar-refractivity contribution in [3.05, 3.63) is 0 Å². The van der Waals surface area contributed by atoms with E-state index in [0.717, 1.165) is 19.3 Å². The molecule has 0 spiro atoms. The number of carbonyl (C=O) groups excluding carboxylic acids is 1. The first-order chi connectivity index (χ1) is 13.2. The topological polar surface area (TPSA) is 83.8 Å². The normalized spacial score (nSPS) is 9.43. The van der Waals surface area contributed by atoms with E-state index in [1.54, 1.807) is 0 Å². The van der Waals surface area contributed by atoms with Crippen LogP contribution in [0.3, 0.4) is 0 Å². The van der Waals surface area contributed by atoms with Crippen molar-refractivity contribution in [1.29, 1.82) is 0 Å². The first kappa shape index (κ1) is 31.0. The van der Waals surface area contributed by atoms with Crippen molar-refractivity contribution in [3.63, 3.8) is 0 Å². The Labute approximate surface area is 173 Å². The molecule has 0 heterocycles. The summed E-state index contributed by atoms with van der Waals surface area (Å²) in [5.74, 6) is 6.82. The van der Waals surface area contributed by atoms with E-state index in [2.05, 4.69) is 39.5 Å². The molecule has 28 heavy (non-hydrogen) atoms. The van der Waals surface area contributed by atoms with Gasteiger partial charge in [-0.1, -0.05) is 72.6 Å². The molecular formula is C23H44O5. The molecule has 0 radical (unpaired) electrons. The van der Waals surface area contributed by atoms with Crippen LogP contribution in [0.1, 0.15) is 112 Å². The molecule has 0 saturated carbocycles. The molecule has 0 aromatic carbocycles. The van der Waals surface area contributed by atoms with Gasteiger partial charge in [-0.05, 0) is 26.7 Å². The Hall–Kier alpha value is -1.70. The summed E-state index contributed by atoms with van der Waals surface area (Å²) in [6, 6.07) is 0. The van der Waals surface area contributed by atoms with Gasteiger partial charge in [0.2, 0.25) is 0 Å². The van der Waals surface area contributed by atoms with Crippen molar-refractivity contribution in [2.75, 3.05) is 0 Å². The number of hydrogen-bond acceptors (Lipinski definition) is 3. The number of ether oxygens (including phenoxy) is 1. The fourth-order valence-electron chi connectivity index (χ4n) is 2.11. The van der Waals surface area contributed by atoms with Crippen LogP contribution in [0.2, 0.25) is 0 Å². The smallest absolute Gasteiger partial charge is 0.463 e. The molecule has 0 aromatic rings. The molecule has 0 atom stereocenters. The highest BCUT2D eigenvalue weighted by Crippen LogP contribution is 2.07. The first-order valence-corrected chi connectivity index (χ1v) is 10.8. The summed E-state index contributed by atoms with van der Waals surface area (Å²) in [5.41, 5.74) is 0. The molecule has 5 nitrogen and oxygen atoms in total. The number of rotatable bonds is 11. The maximum absolute atomic E-state index is 11.1. The van der Waals surface area contributed by atoms with Gasteiger partial charge in [-0.25, -0.2) is 4.79 Å². The lowest BCUT2D eigenvalue weighted by atomic mass is 10.1. The van der Waals surface area contributed by atoms with E-state index in [4.69, 9.17) is 19.7 Å². The Morgan fingerprint density at radius 2 is 1.29 bits per heavy atom. The second-order valence-electron chi connectivity index (χ2n) is 7.27. The monoisotopic (exact) mass is 400 g/mol. The summed E-state index contributed by atoms with van der Waals surface area (Å²) in [6.07, 6.45) is 11.1. The molecule has 0 unspecified atom stereocenters. The highest BCUT2D eigenvalue weighted by molar-refractivity contribution is 5.69. The molecule has 5 heteroatoms. The predicted octanol–water partition coefficient (Wildman–Crippen LogP) is 7.14. The molecule has 0 aliphatic carbocycles. The molecule has 0 aliphatic heterocycles. The van der Waals surface area contributed by atoms with Gasteiger partial charge >= 0.3 is 12.1 Å². The van der Waals surface area contributed by atoms with Crippen molar-refractivity contribution >= 4 is 12.1 Å². The average Bonchev–Trinajstić information content (AvgIpc) is 2.57. The fourth-order valence-corrected chi connectivity index (χ4v) is 2.11. The maximum Gasteiger partial charge on any atom is 0.503 e. The SMILES string of the molecule is CCCCCC#CC(C)C.CCCCCCCCC(=O)OC(C)C.O=C(O)O. The second-order valence-corrected chi connectivity index (χ2v) is 7.27. The van der Waals surface area contributed by atoms with Gasteiger partial charge in [0.05, 0.1) is 6.10 Å². The molecule has 0 aromatic heterocycles. The van der Waals surface area contributed by atoms with E-state index in [1.165, 1.54) is 44.9 Å². The Morgan fingerprint density at radius 3 is 1.75 bits per heavy atom. The van der Waals surface area contributed by atoms with Gasteiger partial charge in [0.15, 0.2) is 0 Å². The Kier molecular flexibility index (Phi) is 28.0. The molecule has 0 aliphatic rings. The van der Waals surface area contributed by atoms with Crippen LogP contribution in [-0.4, -0.2) is 28.4 Å². The standard InChI is InChI=1S/C12H24O2.C10H18.CH2O3/c1-4-5-6-7-8-9-10-12(13)14-11(2)3;1-4-5-6-7-8-9-10(2)3;2-1(3)4/h11H,4-10H2,1-3H3;10H,4-7H2,1-3H3;(H2,2,3,4). The number of esters is 1. The van der Waals surface area contributed by atoms with E-state index in [1.807, 2.05) is 13.8 Å². The molecule has 166 valence electrons. The second kappa shape index (κ2) is 25.3. The van der Waals surface area contributed by atoms with Crippen LogP contribution >= 0.6 is 0 Å². The number of unbranched alkanes of at least 4 members (excludes halogenated alkanes) is 8. The van der Waals surface area contributed by atoms with Gasteiger partial charge in [0.1, 0.15) is 0 Å². The lowest BCUT2D eigenvalue weighted by Gasteiger charge is -2.07. The summed E-state index contributed by atoms with van der Waals surface area (Å²) in [5, 5.41) is 13.9. The molecule has 0 amide bonds. The van der Waals surface area contributed by atoms with Crippen molar-refractivity contribution in [3.8, 4) is 11.8 Å². The van der Waals surface area contributed by atoms with Crippen molar-refractivity contribution in [1.82, 2.24) is 0 Å². The molecule has 0 bridgehead atoms. The Morgan fingerprint density at radius 1 is 0.821 bits per heavy atom. The van der Waals surface area contributed by atoms with Crippen LogP contribution in [0.5, 0.6) is 0 Å². The van der Waals surface area contributed by atoms with Crippen LogP contribution in [0, 0.1) is 17.8 Å². The highest BCUT2D eigenvalue weighted by Gasteiger charge is 2.04. The fraction of sp³-hybridized carbons (Fsp3) is 0.826. The third-order valence-electron chi connectivity index (χ3n) is 3.40. The first-order valence-electron chi connectivity index (χ1n) is 10.8. The average molecular weight is 401 g/mol. The Bertz CT molecular complexity index is 401. The minimum absolute atomic E-state index is 0.0302. The van der Waals surface area contributed by atoms with Gasteiger partial charge in [-0.15, -0.1) is 11.8 Å². The summed E-state index contributed by atoms with van der Waals surface area (Å²) in [4.78, 5) is 19.7. The number of carboxylic acid groups (broad SMARTS) is 2. The lowest BCUT2D eigenvalue weighted by molar-refractivity contribution is -0.147. The van der Waals surface area contributed by atoms with Crippen molar-refractivity contribution in [2.45, 2.75) is 118 Å².